The highest BCUT2D eigenvalue weighted by Gasteiger charge is 2.31. The van der Waals surface area contributed by atoms with Crippen molar-refractivity contribution in [1.82, 2.24) is 4.90 Å². The van der Waals surface area contributed by atoms with E-state index in [2.05, 4.69) is 0 Å². The molecule has 0 aromatic heterocycles. The van der Waals surface area contributed by atoms with Gasteiger partial charge in [-0.3, -0.25) is 4.79 Å². The molecule has 0 spiro atoms. The minimum absolute atomic E-state index is 0.205. The molecule has 0 bridgehead atoms. The van der Waals surface area contributed by atoms with E-state index < -0.39 is 12.2 Å². The lowest BCUT2D eigenvalue weighted by Crippen LogP contribution is -2.50. The molecular formula is C12H14FNO3. The number of hydrogen-bond donors (Lipinski definition) is 1. The first-order valence-electron chi connectivity index (χ1n) is 5.43. The van der Waals surface area contributed by atoms with Gasteiger partial charge in [0.1, 0.15) is 5.82 Å². The predicted octanol–water partition coefficient (Wildman–Crippen LogP) is 0.891. The zero-order valence-corrected chi connectivity index (χ0v) is 9.47. The van der Waals surface area contributed by atoms with Gasteiger partial charge in [0, 0.05) is 13.1 Å². The van der Waals surface area contributed by atoms with Crippen molar-refractivity contribution in [3.05, 3.63) is 35.6 Å². The summed E-state index contributed by atoms with van der Waals surface area (Å²) >= 11 is 0. The minimum Gasteiger partial charge on any atom is -0.360 e. The number of amides is 1. The number of halogens is 1. The molecule has 5 heteroatoms. The number of carbonyl (C=O) groups excluding carboxylic acids is 1. The second-order valence-corrected chi connectivity index (χ2v) is 4.14. The zero-order valence-electron chi connectivity index (χ0n) is 9.47. The largest absolute Gasteiger partial charge is 0.360 e. The monoisotopic (exact) mass is 239 g/mol. The number of rotatable bonds is 2. The Kier molecular flexibility index (Phi) is 3.40. The number of benzene rings is 1. The molecule has 1 heterocycles. The summed E-state index contributed by atoms with van der Waals surface area (Å²) in [4.78, 5) is 13.1. The molecule has 1 fully saturated rings. The van der Waals surface area contributed by atoms with Gasteiger partial charge in [0.25, 0.3) is 5.91 Å². The Morgan fingerprint density at radius 1 is 1.47 bits per heavy atom. The summed E-state index contributed by atoms with van der Waals surface area (Å²) in [6.07, 6.45) is -1.60. The molecule has 0 aliphatic carbocycles. The quantitative estimate of drug-likeness (QED) is 0.834. The maximum Gasteiger partial charge on any atom is 0.279 e. The van der Waals surface area contributed by atoms with E-state index in [0.717, 1.165) is 5.56 Å². The molecule has 17 heavy (non-hydrogen) atoms. The summed E-state index contributed by atoms with van der Waals surface area (Å²) in [6.45, 7) is 2.56. The number of nitrogens with zero attached hydrogens (tertiary/aromatic N) is 1. The van der Waals surface area contributed by atoms with Crippen molar-refractivity contribution in [3.63, 3.8) is 0 Å². The molecule has 0 radical (unpaired) electrons. The van der Waals surface area contributed by atoms with Crippen molar-refractivity contribution < 1.29 is 19.0 Å². The van der Waals surface area contributed by atoms with E-state index in [1.807, 2.05) is 0 Å². The van der Waals surface area contributed by atoms with Gasteiger partial charge >= 0.3 is 0 Å². The number of morpholine rings is 1. The van der Waals surface area contributed by atoms with Crippen LogP contribution in [0.1, 0.15) is 12.5 Å². The van der Waals surface area contributed by atoms with Crippen molar-refractivity contribution in [1.29, 1.82) is 0 Å². The van der Waals surface area contributed by atoms with Crippen LogP contribution in [0.15, 0.2) is 24.3 Å². The van der Waals surface area contributed by atoms with Crippen molar-refractivity contribution >= 4 is 5.91 Å². The number of aliphatic hydroxyl groups is 1. The molecule has 2 atom stereocenters. The summed E-state index contributed by atoms with van der Waals surface area (Å²) in [7, 11) is 0. The van der Waals surface area contributed by atoms with E-state index in [1.165, 1.54) is 17.0 Å². The minimum atomic E-state index is -1.39. The maximum atomic E-state index is 12.7. The van der Waals surface area contributed by atoms with Gasteiger partial charge in [-0.2, -0.15) is 0 Å². The Balaban J connectivity index is 2.07. The van der Waals surface area contributed by atoms with Gasteiger partial charge in [0.15, 0.2) is 0 Å². The van der Waals surface area contributed by atoms with E-state index >= 15 is 0 Å². The molecule has 2 rings (SSSR count). The molecule has 4 nitrogen and oxygen atoms in total. The highest BCUT2D eigenvalue weighted by Crippen LogP contribution is 2.14. The fourth-order valence-corrected chi connectivity index (χ4v) is 1.83. The maximum absolute atomic E-state index is 12.7. The molecule has 1 aromatic rings. The Labute approximate surface area is 98.6 Å². The van der Waals surface area contributed by atoms with Gasteiger partial charge in [-0.1, -0.05) is 12.1 Å². The number of hydrogen-bond acceptors (Lipinski definition) is 3. The third-order valence-electron chi connectivity index (χ3n) is 2.65. The second-order valence-electron chi connectivity index (χ2n) is 4.14. The van der Waals surface area contributed by atoms with Crippen molar-refractivity contribution in [2.24, 2.45) is 0 Å². The Bertz CT molecular complexity index is 407. The molecule has 1 aliphatic heterocycles. The molecular weight excluding hydrogens is 225 g/mol. The molecule has 1 unspecified atom stereocenters. The molecule has 1 aliphatic rings. The van der Waals surface area contributed by atoms with Gasteiger partial charge in [-0.05, 0) is 24.6 Å². The van der Waals surface area contributed by atoms with Gasteiger partial charge in [-0.15, -0.1) is 0 Å². The first kappa shape index (κ1) is 12.0. The SMILES string of the molecule is C[C@H]1CN(Cc2ccc(F)cc2)C(=O)C(O)O1. The van der Waals surface area contributed by atoms with Crippen LogP contribution in [0.25, 0.3) is 0 Å². The van der Waals surface area contributed by atoms with Crippen LogP contribution < -0.4 is 0 Å². The van der Waals surface area contributed by atoms with Crippen LogP contribution in [0.3, 0.4) is 0 Å². The average molecular weight is 239 g/mol. The van der Waals surface area contributed by atoms with E-state index in [0.29, 0.717) is 13.1 Å². The Hall–Kier alpha value is -1.46. The first-order chi connectivity index (χ1) is 8.06. The third-order valence-corrected chi connectivity index (χ3v) is 2.65. The first-order valence-corrected chi connectivity index (χ1v) is 5.43. The lowest BCUT2D eigenvalue weighted by molar-refractivity contribution is -0.198. The topological polar surface area (TPSA) is 49.8 Å². The van der Waals surface area contributed by atoms with Crippen LogP contribution in [0, 0.1) is 5.82 Å². The summed E-state index contributed by atoms with van der Waals surface area (Å²) in [5.41, 5.74) is 0.820. The van der Waals surface area contributed by atoms with Crippen LogP contribution in [0.4, 0.5) is 4.39 Å². The highest BCUT2D eigenvalue weighted by molar-refractivity contribution is 5.80. The van der Waals surface area contributed by atoms with Gasteiger partial charge in [0.2, 0.25) is 6.29 Å². The third kappa shape index (κ3) is 2.81. The highest BCUT2D eigenvalue weighted by atomic mass is 19.1. The van der Waals surface area contributed by atoms with E-state index in [9.17, 15) is 14.3 Å². The van der Waals surface area contributed by atoms with E-state index in [-0.39, 0.29) is 11.9 Å². The van der Waals surface area contributed by atoms with Crippen molar-refractivity contribution in [3.8, 4) is 0 Å². The smallest absolute Gasteiger partial charge is 0.279 e. The normalized spacial score (nSPS) is 25.1. The Morgan fingerprint density at radius 2 is 2.12 bits per heavy atom. The summed E-state index contributed by atoms with van der Waals surface area (Å²) in [5.74, 6) is -0.761. The second kappa shape index (κ2) is 4.81. The molecule has 1 N–H and O–H groups in total. The summed E-state index contributed by atoms with van der Waals surface area (Å²) < 4.78 is 17.7. The number of ether oxygens (including phenoxy) is 1. The van der Waals surface area contributed by atoms with Crippen LogP contribution in [-0.4, -0.2) is 34.9 Å². The van der Waals surface area contributed by atoms with Crippen LogP contribution in [0.5, 0.6) is 0 Å². The van der Waals surface area contributed by atoms with Crippen LogP contribution >= 0.6 is 0 Å². The summed E-state index contributed by atoms with van der Waals surface area (Å²) in [5, 5.41) is 9.37. The number of aliphatic hydroxyl groups excluding tert-OH is 1. The fourth-order valence-electron chi connectivity index (χ4n) is 1.83. The Morgan fingerprint density at radius 3 is 2.76 bits per heavy atom. The lowest BCUT2D eigenvalue weighted by atomic mass is 10.2. The van der Waals surface area contributed by atoms with E-state index in [4.69, 9.17) is 4.74 Å². The zero-order chi connectivity index (χ0) is 12.4. The van der Waals surface area contributed by atoms with Crippen molar-refractivity contribution in [2.45, 2.75) is 25.9 Å². The van der Waals surface area contributed by atoms with Gasteiger partial charge in [0.05, 0.1) is 6.10 Å². The number of carbonyl (C=O) groups is 1. The van der Waals surface area contributed by atoms with Crippen LogP contribution in [-0.2, 0) is 16.1 Å². The predicted molar refractivity (Wildman–Crippen MR) is 58.4 cm³/mol. The van der Waals surface area contributed by atoms with Crippen LogP contribution in [0.2, 0.25) is 0 Å². The molecule has 92 valence electrons. The molecule has 1 aromatic carbocycles. The fraction of sp³-hybridized carbons (Fsp3) is 0.417. The standard InChI is InChI=1S/C12H14FNO3/c1-8-6-14(11(15)12(16)17-8)7-9-2-4-10(13)5-3-9/h2-5,8,12,16H,6-7H2,1H3/t8-,12?/m0/s1. The average Bonchev–Trinajstić information content (AvgIpc) is 2.28. The summed E-state index contributed by atoms with van der Waals surface area (Å²) in [6, 6.07) is 5.93. The molecule has 1 amide bonds. The lowest BCUT2D eigenvalue weighted by Gasteiger charge is -2.33. The van der Waals surface area contributed by atoms with E-state index in [1.54, 1.807) is 19.1 Å². The van der Waals surface area contributed by atoms with Gasteiger partial charge in [-0.25, -0.2) is 4.39 Å². The van der Waals surface area contributed by atoms with Crippen molar-refractivity contribution in [2.75, 3.05) is 6.54 Å². The molecule has 0 saturated carbocycles. The van der Waals surface area contributed by atoms with Gasteiger partial charge < -0.3 is 14.7 Å². The molecule has 1 saturated heterocycles.